The van der Waals surface area contributed by atoms with Gasteiger partial charge in [-0.05, 0) is 12.1 Å². The lowest BCUT2D eigenvalue weighted by molar-refractivity contribution is 0.545. The molecule has 5 nitrogen and oxygen atoms in total. The van der Waals surface area contributed by atoms with Gasteiger partial charge in [0.1, 0.15) is 9.79 Å². The third kappa shape index (κ3) is 3.35. The quantitative estimate of drug-likeness (QED) is 0.639. The summed E-state index contributed by atoms with van der Waals surface area (Å²) in [6, 6.07) is 4.44. The molecule has 94 valence electrons. The van der Waals surface area contributed by atoms with Crippen LogP contribution >= 0.6 is 0 Å². The number of hydrogen-bond acceptors (Lipinski definition) is 4. The Bertz CT molecular complexity index is 622. The summed E-state index contributed by atoms with van der Waals surface area (Å²) in [4.78, 5) is -1.50. The average Bonchev–Trinajstić information content (AvgIpc) is 2.25. The molecule has 0 fully saturated rings. The number of hydrogen-bond donors (Lipinski definition) is 1. The molecule has 0 unspecified atom stereocenters. The largest absolute Gasteiger partial charge is 0.333 e. The van der Waals surface area contributed by atoms with Gasteiger partial charge < -0.3 is 0 Å². The van der Waals surface area contributed by atoms with Crippen molar-refractivity contribution in [2.45, 2.75) is 9.79 Å². The average molecular weight is 279 g/mol. The van der Waals surface area contributed by atoms with Crippen molar-refractivity contribution in [3.8, 4) is 0 Å². The predicted molar refractivity (Wildman–Crippen MR) is 60.1 cm³/mol. The van der Waals surface area contributed by atoms with Gasteiger partial charge in [-0.25, -0.2) is 13.1 Å². The van der Waals surface area contributed by atoms with Crippen molar-refractivity contribution in [3.63, 3.8) is 0 Å². The Morgan fingerprint density at radius 3 is 2.18 bits per heavy atom. The van der Waals surface area contributed by atoms with Crippen molar-refractivity contribution in [2.75, 3.05) is 6.54 Å². The van der Waals surface area contributed by atoms with Gasteiger partial charge in [-0.1, -0.05) is 18.2 Å². The fraction of sp³-hybridized carbons (Fsp3) is 0.111. The first-order chi connectivity index (χ1) is 7.79. The maximum atomic E-state index is 12.9. The van der Waals surface area contributed by atoms with Crippen LogP contribution in [-0.4, -0.2) is 23.4 Å². The highest BCUT2D eigenvalue weighted by Gasteiger charge is 2.25. The number of benzene rings is 1. The van der Waals surface area contributed by atoms with Gasteiger partial charge in [0.2, 0.25) is 10.0 Å². The number of halogens is 1. The van der Waals surface area contributed by atoms with E-state index in [1.807, 2.05) is 0 Å². The molecule has 0 bridgehead atoms. The summed E-state index contributed by atoms with van der Waals surface area (Å²) in [5.41, 5.74) is 0. The lowest BCUT2D eigenvalue weighted by atomic mass is 10.4. The van der Waals surface area contributed by atoms with Crippen LogP contribution in [0.25, 0.3) is 0 Å². The highest BCUT2D eigenvalue weighted by Crippen LogP contribution is 2.21. The van der Waals surface area contributed by atoms with Gasteiger partial charge in [0.25, 0.3) is 0 Å². The summed E-state index contributed by atoms with van der Waals surface area (Å²) in [6.45, 7) is 3.23. The molecule has 0 saturated heterocycles. The normalized spacial score (nSPS) is 12.3. The van der Waals surface area contributed by atoms with E-state index in [2.05, 4.69) is 11.3 Å². The first-order valence-electron chi connectivity index (χ1n) is 4.43. The topological polar surface area (TPSA) is 80.3 Å². The molecule has 0 amide bonds. The first kappa shape index (κ1) is 13.8. The monoisotopic (exact) mass is 279 g/mol. The van der Waals surface area contributed by atoms with Crippen LogP contribution in [0.3, 0.4) is 0 Å². The second-order valence-electron chi connectivity index (χ2n) is 3.03. The Balaban J connectivity index is 3.38. The maximum Gasteiger partial charge on any atom is 0.333 e. The Morgan fingerprint density at radius 2 is 1.71 bits per heavy atom. The van der Waals surface area contributed by atoms with Crippen molar-refractivity contribution in [1.82, 2.24) is 4.72 Å². The molecular weight excluding hydrogens is 269 g/mol. The molecule has 1 aromatic rings. The zero-order chi connectivity index (χ0) is 13.1. The second kappa shape index (κ2) is 4.94. The van der Waals surface area contributed by atoms with Crippen molar-refractivity contribution in [1.29, 1.82) is 0 Å². The van der Waals surface area contributed by atoms with Crippen LogP contribution in [0.5, 0.6) is 0 Å². The molecule has 0 aliphatic rings. The van der Waals surface area contributed by atoms with Gasteiger partial charge in [0.05, 0.1) is 0 Å². The zero-order valence-electron chi connectivity index (χ0n) is 8.63. The van der Waals surface area contributed by atoms with Crippen molar-refractivity contribution in [2.24, 2.45) is 0 Å². The van der Waals surface area contributed by atoms with Crippen LogP contribution in [0.1, 0.15) is 0 Å². The molecule has 0 radical (unpaired) electrons. The Kier molecular flexibility index (Phi) is 4.02. The molecule has 1 aromatic carbocycles. The van der Waals surface area contributed by atoms with E-state index in [0.717, 1.165) is 12.1 Å². The predicted octanol–water partition coefficient (Wildman–Crippen LogP) is 0.809. The molecule has 1 N–H and O–H groups in total. The third-order valence-corrected chi connectivity index (χ3v) is 4.31. The van der Waals surface area contributed by atoms with Crippen LogP contribution in [0.4, 0.5) is 3.89 Å². The maximum absolute atomic E-state index is 12.9. The number of rotatable bonds is 5. The molecular formula is C9H10FNO4S2. The van der Waals surface area contributed by atoms with Crippen LogP contribution in [0.2, 0.25) is 0 Å². The molecule has 0 spiro atoms. The Morgan fingerprint density at radius 1 is 1.18 bits per heavy atom. The van der Waals surface area contributed by atoms with Crippen LogP contribution < -0.4 is 4.72 Å². The lowest BCUT2D eigenvalue weighted by Crippen LogP contribution is -2.25. The summed E-state index contributed by atoms with van der Waals surface area (Å²) in [5, 5.41) is 0. The van der Waals surface area contributed by atoms with Gasteiger partial charge in [0, 0.05) is 6.54 Å². The van der Waals surface area contributed by atoms with Crippen molar-refractivity contribution < 1.29 is 20.7 Å². The van der Waals surface area contributed by atoms with Crippen LogP contribution in [0.15, 0.2) is 46.7 Å². The third-order valence-electron chi connectivity index (χ3n) is 1.82. The van der Waals surface area contributed by atoms with Crippen molar-refractivity contribution in [3.05, 3.63) is 36.9 Å². The van der Waals surface area contributed by atoms with Crippen molar-refractivity contribution >= 4 is 20.2 Å². The molecule has 0 aliphatic heterocycles. The fourth-order valence-electron chi connectivity index (χ4n) is 1.12. The van der Waals surface area contributed by atoms with Gasteiger partial charge in [-0.2, -0.15) is 8.42 Å². The molecule has 1 rings (SSSR count). The Labute approximate surface area is 99.2 Å². The van der Waals surface area contributed by atoms with E-state index in [1.165, 1.54) is 18.2 Å². The minimum Gasteiger partial charge on any atom is -0.207 e. The number of nitrogens with one attached hydrogen (secondary N) is 1. The zero-order valence-corrected chi connectivity index (χ0v) is 10.3. The minimum absolute atomic E-state index is 0.0804. The standard InChI is InChI=1S/C9H10FNO4S2/c1-2-7-11-17(14,15)9-6-4-3-5-8(9)16(10,12)13/h2-6,11H,1,7H2. The van der Waals surface area contributed by atoms with Gasteiger partial charge in [0.15, 0.2) is 0 Å². The summed E-state index contributed by atoms with van der Waals surface area (Å²) in [6.07, 6.45) is 1.28. The van der Waals surface area contributed by atoms with E-state index in [9.17, 15) is 20.7 Å². The van der Waals surface area contributed by atoms with E-state index in [1.54, 1.807) is 0 Å². The van der Waals surface area contributed by atoms with E-state index in [4.69, 9.17) is 0 Å². The molecule has 0 aliphatic carbocycles. The summed E-state index contributed by atoms with van der Waals surface area (Å²) in [5.74, 6) is 0. The van der Waals surface area contributed by atoms with Crippen LogP contribution in [-0.2, 0) is 20.2 Å². The summed E-state index contributed by atoms with van der Waals surface area (Å²) < 4.78 is 59.9. The number of sulfonamides is 1. The summed E-state index contributed by atoms with van der Waals surface area (Å²) in [7, 11) is -9.16. The van der Waals surface area contributed by atoms with E-state index >= 15 is 0 Å². The Hall–Kier alpha value is -1.25. The fourth-order valence-corrected chi connectivity index (χ4v) is 3.38. The molecule has 0 aromatic heterocycles. The van der Waals surface area contributed by atoms with Gasteiger partial charge in [-0.15, -0.1) is 10.5 Å². The molecule has 0 heterocycles. The lowest BCUT2D eigenvalue weighted by Gasteiger charge is -2.07. The molecule has 0 atom stereocenters. The molecule has 8 heteroatoms. The highest BCUT2D eigenvalue weighted by atomic mass is 32.3. The molecule has 0 saturated carbocycles. The van der Waals surface area contributed by atoms with Gasteiger partial charge >= 0.3 is 10.2 Å². The SMILES string of the molecule is C=CCNS(=O)(=O)c1ccccc1S(=O)(=O)F. The van der Waals surface area contributed by atoms with Gasteiger partial charge in [-0.3, -0.25) is 0 Å². The summed E-state index contributed by atoms with van der Waals surface area (Å²) >= 11 is 0. The minimum atomic E-state index is -5.09. The van der Waals surface area contributed by atoms with E-state index in [-0.39, 0.29) is 6.54 Å². The van der Waals surface area contributed by atoms with Crippen LogP contribution in [0, 0.1) is 0 Å². The first-order valence-corrected chi connectivity index (χ1v) is 7.30. The highest BCUT2D eigenvalue weighted by molar-refractivity contribution is 7.91. The smallest absolute Gasteiger partial charge is 0.207 e. The second-order valence-corrected chi connectivity index (χ2v) is 6.08. The van der Waals surface area contributed by atoms with E-state index < -0.39 is 30.0 Å². The molecule has 17 heavy (non-hydrogen) atoms. The van der Waals surface area contributed by atoms with E-state index in [0.29, 0.717) is 0 Å².